The number of urea groups is 1. The predicted molar refractivity (Wildman–Crippen MR) is 59.8 cm³/mol. The fourth-order valence-electron chi connectivity index (χ4n) is 0.834. The number of terminal acetylenes is 1. The van der Waals surface area contributed by atoms with E-state index in [1.54, 1.807) is 0 Å². The van der Waals surface area contributed by atoms with Gasteiger partial charge >= 0.3 is 12.0 Å². The van der Waals surface area contributed by atoms with Crippen LogP contribution in [0, 0.1) is 12.3 Å². The van der Waals surface area contributed by atoms with Crippen molar-refractivity contribution in [2.45, 2.75) is 12.5 Å². The van der Waals surface area contributed by atoms with E-state index < -0.39 is 18.0 Å². The number of nitrogens with one attached hydrogen (secondary N) is 2. The summed E-state index contributed by atoms with van der Waals surface area (Å²) in [6, 6.07) is -1.42. The van der Waals surface area contributed by atoms with Gasteiger partial charge in [-0.2, -0.15) is 11.8 Å². The van der Waals surface area contributed by atoms with Crippen LogP contribution in [0.5, 0.6) is 0 Å². The second-order valence-electron chi connectivity index (χ2n) is 2.70. The standard InChI is InChI=1S/C9H14N2O3S/c1-3-5-10-9(14)11-7(8(12)13)4-6-15-2/h1,7H,4-6H2,2H3,(H,12,13)(H2,10,11,14). The molecule has 2 amide bonds. The van der Waals surface area contributed by atoms with E-state index in [1.165, 1.54) is 11.8 Å². The van der Waals surface area contributed by atoms with Crippen LogP contribution in [0.2, 0.25) is 0 Å². The Bertz CT molecular complexity index is 263. The van der Waals surface area contributed by atoms with E-state index in [1.807, 2.05) is 6.26 Å². The number of amides is 2. The highest BCUT2D eigenvalue weighted by Crippen LogP contribution is 2.00. The van der Waals surface area contributed by atoms with Crippen molar-refractivity contribution in [2.24, 2.45) is 0 Å². The minimum atomic E-state index is -1.04. The third-order valence-electron chi connectivity index (χ3n) is 1.57. The van der Waals surface area contributed by atoms with Crippen molar-refractivity contribution < 1.29 is 14.7 Å². The Morgan fingerprint density at radius 1 is 1.60 bits per heavy atom. The first-order valence-corrected chi connectivity index (χ1v) is 5.70. The molecule has 15 heavy (non-hydrogen) atoms. The lowest BCUT2D eigenvalue weighted by atomic mass is 10.2. The summed E-state index contributed by atoms with van der Waals surface area (Å²) in [5.41, 5.74) is 0. The number of hydrogen-bond donors (Lipinski definition) is 3. The van der Waals surface area contributed by atoms with Crippen LogP contribution in [0.15, 0.2) is 0 Å². The molecule has 0 fully saturated rings. The highest BCUT2D eigenvalue weighted by molar-refractivity contribution is 7.98. The highest BCUT2D eigenvalue weighted by atomic mass is 32.2. The van der Waals surface area contributed by atoms with Crippen LogP contribution in [-0.2, 0) is 4.79 Å². The lowest BCUT2D eigenvalue weighted by Crippen LogP contribution is -2.46. The molecule has 84 valence electrons. The number of carbonyl (C=O) groups excluding carboxylic acids is 1. The SMILES string of the molecule is C#CCNC(=O)NC(CCSC)C(=O)O. The van der Waals surface area contributed by atoms with E-state index in [-0.39, 0.29) is 6.54 Å². The first-order valence-electron chi connectivity index (χ1n) is 4.31. The fraction of sp³-hybridized carbons (Fsp3) is 0.556. The van der Waals surface area contributed by atoms with E-state index in [4.69, 9.17) is 11.5 Å². The lowest BCUT2D eigenvalue weighted by molar-refractivity contribution is -0.139. The molecule has 1 unspecified atom stereocenters. The number of carboxylic acids is 1. The molecule has 0 aliphatic heterocycles. The third-order valence-corrected chi connectivity index (χ3v) is 2.21. The minimum absolute atomic E-state index is 0.0840. The summed E-state index contributed by atoms with van der Waals surface area (Å²) in [5, 5.41) is 13.4. The maximum Gasteiger partial charge on any atom is 0.326 e. The summed E-state index contributed by atoms with van der Waals surface area (Å²) >= 11 is 1.52. The number of rotatable bonds is 6. The third kappa shape index (κ3) is 6.69. The van der Waals surface area contributed by atoms with Gasteiger partial charge in [-0.1, -0.05) is 5.92 Å². The van der Waals surface area contributed by atoms with Crippen molar-refractivity contribution in [3.8, 4) is 12.3 Å². The predicted octanol–water partition coefficient (Wildman–Crippen LogP) is 0.125. The largest absolute Gasteiger partial charge is 0.480 e. The average Bonchev–Trinajstić information content (AvgIpc) is 2.20. The molecule has 5 nitrogen and oxygen atoms in total. The Morgan fingerprint density at radius 2 is 2.27 bits per heavy atom. The van der Waals surface area contributed by atoms with Crippen LogP contribution < -0.4 is 10.6 Å². The van der Waals surface area contributed by atoms with Crippen molar-refractivity contribution >= 4 is 23.8 Å². The summed E-state index contributed by atoms with van der Waals surface area (Å²) in [7, 11) is 0. The first kappa shape index (κ1) is 13.7. The molecular weight excluding hydrogens is 216 g/mol. The molecule has 0 aliphatic carbocycles. The summed E-state index contributed by atoms with van der Waals surface area (Å²) in [5.74, 6) is 1.85. The molecule has 3 N–H and O–H groups in total. The molecule has 0 aromatic carbocycles. The molecule has 6 heteroatoms. The van der Waals surface area contributed by atoms with Crippen LogP contribution in [-0.4, -0.2) is 41.7 Å². The van der Waals surface area contributed by atoms with E-state index in [9.17, 15) is 9.59 Å². The number of aliphatic carboxylic acids is 1. The Balaban J connectivity index is 3.99. The van der Waals surface area contributed by atoms with Gasteiger partial charge in [0, 0.05) is 0 Å². The summed E-state index contributed by atoms with van der Waals surface area (Å²) in [6.45, 7) is 0.0840. The van der Waals surface area contributed by atoms with E-state index in [2.05, 4.69) is 16.6 Å². The number of carboxylic acid groups (broad SMARTS) is 1. The normalized spacial score (nSPS) is 11.2. The summed E-state index contributed by atoms with van der Waals surface area (Å²) in [6.07, 6.45) is 7.20. The van der Waals surface area contributed by atoms with Gasteiger partial charge in [0.2, 0.25) is 0 Å². The van der Waals surface area contributed by atoms with Crippen LogP contribution >= 0.6 is 11.8 Å². The van der Waals surface area contributed by atoms with Crippen LogP contribution in [0.4, 0.5) is 4.79 Å². The van der Waals surface area contributed by atoms with Crippen molar-refractivity contribution in [3.05, 3.63) is 0 Å². The molecule has 0 aliphatic rings. The molecular formula is C9H14N2O3S. The molecule has 0 aromatic rings. The monoisotopic (exact) mass is 230 g/mol. The Kier molecular flexibility index (Phi) is 7.28. The quantitative estimate of drug-likeness (QED) is 0.567. The van der Waals surface area contributed by atoms with Crippen LogP contribution in [0.1, 0.15) is 6.42 Å². The van der Waals surface area contributed by atoms with Gasteiger partial charge in [-0.15, -0.1) is 6.42 Å². The van der Waals surface area contributed by atoms with Gasteiger partial charge in [0.25, 0.3) is 0 Å². The molecule has 0 spiro atoms. The first-order chi connectivity index (χ1) is 7.11. The van der Waals surface area contributed by atoms with E-state index >= 15 is 0 Å². The minimum Gasteiger partial charge on any atom is -0.480 e. The maximum atomic E-state index is 11.1. The van der Waals surface area contributed by atoms with Gasteiger partial charge in [0.05, 0.1) is 6.54 Å². The Labute approximate surface area is 93.0 Å². The molecule has 1 atom stereocenters. The molecule has 0 saturated heterocycles. The number of thioether (sulfide) groups is 1. The maximum absolute atomic E-state index is 11.1. The Hall–Kier alpha value is -1.35. The van der Waals surface area contributed by atoms with Gasteiger partial charge in [-0.05, 0) is 18.4 Å². The van der Waals surface area contributed by atoms with Crippen LogP contribution in [0.25, 0.3) is 0 Å². The van der Waals surface area contributed by atoms with E-state index in [0.717, 1.165) is 0 Å². The molecule has 0 rings (SSSR count). The molecule has 0 heterocycles. The van der Waals surface area contributed by atoms with Gasteiger partial charge in [-0.25, -0.2) is 9.59 Å². The van der Waals surface area contributed by atoms with Crippen molar-refractivity contribution in [3.63, 3.8) is 0 Å². The zero-order valence-electron chi connectivity index (χ0n) is 8.45. The summed E-state index contributed by atoms with van der Waals surface area (Å²) in [4.78, 5) is 21.8. The lowest BCUT2D eigenvalue weighted by Gasteiger charge is -2.13. The van der Waals surface area contributed by atoms with Gasteiger partial charge < -0.3 is 15.7 Å². The van der Waals surface area contributed by atoms with Gasteiger partial charge in [-0.3, -0.25) is 0 Å². The molecule has 0 saturated carbocycles. The smallest absolute Gasteiger partial charge is 0.326 e. The topological polar surface area (TPSA) is 78.4 Å². The fourth-order valence-corrected chi connectivity index (χ4v) is 1.31. The highest BCUT2D eigenvalue weighted by Gasteiger charge is 2.18. The van der Waals surface area contributed by atoms with Crippen molar-refractivity contribution in [1.29, 1.82) is 0 Å². The second kappa shape index (κ2) is 8.00. The van der Waals surface area contributed by atoms with Crippen molar-refractivity contribution in [1.82, 2.24) is 10.6 Å². The van der Waals surface area contributed by atoms with Crippen molar-refractivity contribution in [2.75, 3.05) is 18.6 Å². The zero-order chi connectivity index (χ0) is 11.7. The Morgan fingerprint density at radius 3 is 2.73 bits per heavy atom. The number of hydrogen-bond acceptors (Lipinski definition) is 3. The average molecular weight is 230 g/mol. The van der Waals surface area contributed by atoms with Crippen LogP contribution in [0.3, 0.4) is 0 Å². The number of carbonyl (C=O) groups is 2. The van der Waals surface area contributed by atoms with E-state index in [0.29, 0.717) is 12.2 Å². The molecule has 0 radical (unpaired) electrons. The summed E-state index contributed by atoms with van der Waals surface area (Å²) < 4.78 is 0. The second-order valence-corrected chi connectivity index (χ2v) is 3.69. The van der Waals surface area contributed by atoms with Gasteiger partial charge in [0.15, 0.2) is 0 Å². The molecule has 0 aromatic heterocycles. The van der Waals surface area contributed by atoms with Gasteiger partial charge in [0.1, 0.15) is 6.04 Å². The molecule has 0 bridgehead atoms. The zero-order valence-corrected chi connectivity index (χ0v) is 9.26.